The molecule has 0 spiro atoms. The largest absolute Gasteiger partial charge is 0.0590 e. The second kappa shape index (κ2) is 3.37. The van der Waals surface area contributed by atoms with Crippen molar-refractivity contribution in [2.45, 2.75) is 50.9 Å². The Balaban J connectivity index is 1.89. The molecule has 0 aliphatic heterocycles. The van der Waals surface area contributed by atoms with Gasteiger partial charge in [-0.2, -0.15) is 0 Å². The van der Waals surface area contributed by atoms with Crippen LogP contribution in [-0.4, -0.2) is 0 Å². The summed E-state index contributed by atoms with van der Waals surface area (Å²) in [6, 6.07) is 9.32. The molecule has 0 N–H and O–H groups in total. The molecule has 0 aromatic heterocycles. The van der Waals surface area contributed by atoms with Crippen molar-refractivity contribution in [3.63, 3.8) is 0 Å². The molecule has 2 saturated carbocycles. The van der Waals surface area contributed by atoms with Gasteiger partial charge in [-0.25, -0.2) is 0 Å². The quantitative estimate of drug-likeness (QED) is 0.670. The van der Waals surface area contributed by atoms with E-state index in [9.17, 15) is 0 Å². The van der Waals surface area contributed by atoms with E-state index >= 15 is 0 Å². The average molecular weight is 200 g/mol. The van der Waals surface area contributed by atoms with Gasteiger partial charge >= 0.3 is 0 Å². The summed E-state index contributed by atoms with van der Waals surface area (Å²) in [5, 5.41) is 0. The summed E-state index contributed by atoms with van der Waals surface area (Å²) in [5.74, 6) is 1.00. The van der Waals surface area contributed by atoms with E-state index in [1.807, 2.05) is 0 Å². The van der Waals surface area contributed by atoms with E-state index < -0.39 is 0 Å². The van der Waals surface area contributed by atoms with E-state index in [1.54, 1.807) is 5.56 Å². The van der Waals surface area contributed by atoms with Gasteiger partial charge in [-0.1, -0.05) is 42.7 Å². The normalized spacial score (nSPS) is 24.3. The van der Waals surface area contributed by atoms with Gasteiger partial charge in [-0.15, -0.1) is 0 Å². The predicted molar refractivity (Wildman–Crippen MR) is 64.0 cm³/mol. The molecule has 2 aliphatic rings. The molecule has 1 aromatic carbocycles. The third kappa shape index (κ3) is 1.51. The first kappa shape index (κ1) is 9.45. The van der Waals surface area contributed by atoms with Crippen LogP contribution in [0.5, 0.6) is 0 Å². The fraction of sp³-hybridized carbons (Fsp3) is 0.600. The number of hydrogen-bond donors (Lipinski definition) is 0. The average Bonchev–Trinajstić information content (AvgIpc) is 2.88. The molecule has 0 radical (unpaired) electrons. The molecule has 80 valence electrons. The second-order valence-electron chi connectivity index (χ2n) is 5.50. The molecule has 0 amide bonds. The Kier molecular flexibility index (Phi) is 2.12. The molecule has 3 rings (SSSR count). The zero-order valence-electron chi connectivity index (χ0n) is 9.63. The van der Waals surface area contributed by atoms with Crippen LogP contribution >= 0.6 is 0 Å². The van der Waals surface area contributed by atoms with Gasteiger partial charge in [0.15, 0.2) is 0 Å². The lowest BCUT2D eigenvalue weighted by Gasteiger charge is -2.23. The highest BCUT2D eigenvalue weighted by Gasteiger charge is 2.50. The van der Waals surface area contributed by atoms with Crippen molar-refractivity contribution in [3.05, 3.63) is 35.4 Å². The Morgan fingerprint density at radius 2 is 1.60 bits per heavy atom. The summed E-state index contributed by atoms with van der Waals surface area (Å²) in [7, 11) is 0. The van der Waals surface area contributed by atoms with E-state index in [0.29, 0.717) is 5.41 Å². The zero-order valence-corrected chi connectivity index (χ0v) is 9.63. The maximum absolute atomic E-state index is 2.38. The standard InChI is InChI=1S/C15H20/c1-12-6-8-14(9-7-12)15(10-11-15)13-4-2-3-5-13/h6-9,13H,2-5,10-11H2,1H3. The lowest BCUT2D eigenvalue weighted by molar-refractivity contribution is 0.415. The highest BCUT2D eigenvalue weighted by Crippen LogP contribution is 2.58. The summed E-state index contributed by atoms with van der Waals surface area (Å²) >= 11 is 0. The van der Waals surface area contributed by atoms with E-state index in [1.165, 1.54) is 44.1 Å². The zero-order chi connectivity index (χ0) is 10.3. The third-order valence-electron chi connectivity index (χ3n) is 4.55. The molecule has 15 heavy (non-hydrogen) atoms. The molecule has 0 heteroatoms. The van der Waals surface area contributed by atoms with Crippen LogP contribution in [0.4, 0.5) is 0 Å². The SMILES string of the molecule is Cc1ccc(C2(C3CCCC3)CC2)cc1. The molecule has 0 atom stereocenters. The van der Waals surface area contributed by atoms with Crippen molar-refractivity contribution in [3.8, 4) is 0 Å². The molecular weight excluding hydrogens is 180 g/mol. The van der Waals surface area contributed by atoms with Crippen LogP contribution < -0.4 is 0 Å². The lowest BCUT2D eigenvalue weighted by atomic mass is 9.81. The van der Waals surface area contributed by atoms with E-state index in [4.69, 9.17) is 0 Å². The Hall–Kier alpha value is -0.780. The highest BCUT2D eigenvalue weighted by molar-refractivity contribution is 5.34. The predicted octanol–water partition coefficient (Wildman–Crippen LogP) is 4.22. The summed E-state index contributed by atoms with van der Waals surface area (Å²) in [5.41, 5.74) is 3.63. The van der Waals surface area contributed by atoms with Gasteiger partial charge in [0.2, 0.25) is 0 Å². The molecule has 2 aliphatic carbocycles. The highest BCUT2D eigenvalue weighted by atomic mass is 14.5. The topological polar surface area (TPSA) is 0 Å². The monoisotopic (exact) mass is 200 g/mol. The fourth-order valence-corrected chi connectivity index (χ4v) is 3.43. The number of rotatable bonds is 2. The summed E-state index contributed by atoms with van der Waals surface area (Å²) in [6.07, 6.45) is 8.79. The first-order chi connectivity index (χ1) is 7.31. The van der Waals surface area contributed by atoms with Crippen LogP contribution in [-0.2, 0) is 5.41 Å². The van der Waals surface area contributed by atoms with Gasteiger partial charge in [0.25, 0.3) is 0 Å². The molecule has 0 bridgehead atoms. The van der Waals surface area contributed by atoms with Crippen LogP contribution in [0.2, 0.25) is 0 Å². The molecule has 2 fully saturated rings. The van der Waals surface area contributed by atoms with Crippen molar-refractivity contribution < 1.29 is 0 Å². The second-order valence-corrected chi connectivity index (χ2v) is 5.50. The van der Waals surface area contributed by atoms with Crippen molar-refractivity contribution in [2.75, 3.05) is 0 Å². The molecule has 0 unspecified atom stereocenters. The van der Waals surface area contributed by atoms with Crippen molar-refractivity contribution >= 4 is 0 Å². The summed E-state index contributed by atoms with van der Waals surface area (Å²) in [4.78, 5) is 0. The maximum Gasteiger partial charge on any atom is -0.00181 e. The van der Waals surface area contributed by atoms with E-state index in [2.05, 4.69) is 31.2 Å². The molecule has 0 heterocycles. The molecule has 1 aromatic rings. The molecule has 0 nitrogen and oxygen atoms in total. The Labute approximate surface area is 92.7 Å². The fourth-order valence-electron chi connectivity index (χ4n) is 3.43. The minimum atomic E-state index is 0.615. The number of hydrogen-bond acceptors (Lipinski definition) is 0. The van der Waals surface area contributed by atoms with Crippen LogP contribution in [0.15, 0.2) is 24.3 Å². The summed E-state index contributed by atoms with van der Waals surface area (Å²) < 4.78 is 0. The van der Waals surface area contributed by atoms with Gasteiger partial charge in [0.05, 0.1) is 0 Å². The maximum atomic E-state index is 2.38. The van der Waals surface area contributed by atoms with Crippen LogP contribution in [0.25, 0.3) is 0 Å². The Morgan fingerprint density at radius 1 is 1.00 bits per heavy atom. The Bertz CT molecular complexity index is 337. The minimum Gasteiger partial charge on any atom is -0.0590 e. The number of benzene rings is 1. The Morgan fingerprint density at radius 3 is 2.13 bits per heavy atom. The number of aryl methyl sites for hydroxylation is 1. The van der Waals surface area contributed by atoms with Crippen LogP contribution in [0.1, 0.15) is 49.7 Å². The summed E-state index contributed by atoms with van der Waals surface area (Å²) in [6.45, 7) is 2.18. The van der Waals surface area contributed by atoms with Gasteiger partial charge in [0, 0.05) is 0 Å². The van der Waals surface area contributed by atoms with E-state index in [-0.39, 0.29) is 0 Å². The molecular formula is C15H20. The van der Waals surface area contributed by atoms with Gasteiger partial charge in [-0.05, 0) is 49.5 Å². The van der Waals surface area contributed by atoms with Crippen molar-refractivity contribution in [1.82, 2.24) is 0 Å². The lowest BCUT2D eigenvalue weighted by Crippen LogP contribution is -2.17. The van der Waals surface area contributed by atoms with Crippen LogP contribution in [0, 0.1) is 12.8 Å². The van der Waals surface area contributed by atoms with Gasteiger partial charge < -0.3 is 0 Å². The van der Waals surface area contributed by atoms with Crippen LogP contribution in [0.3, 0.4) is 0 Å². The van der Waals surface area contributed by atoms with Crippen molar-refractivity contribution in [2.24, 2.45) is 5.92 Å². The smallest absolute Gasteiger partial charge is 0.00181 e. The van der Waals surface area contributed by atoms with Gasteiger partial charge in [0.1, 0.15) is 0 Å². The first-order valence-electron chi connectivity index (χ1n) is 6.38. The van der Waals surface area contributed by atoms with E-state index in [0.717, 1.165) is 5.92 Å². The van der Waals surface area contributed by atoms with Gasteiger partial charge in [-0.3, -0.25) is 0 Å². The molecule has 0 saturated heterocycles. The third-order valence-corrected chi connectivity index (χ3v) is 4.55. The minimum absolute atomic E-state index is 0.615. The van der Waals surface area contributed by atoms with Crippen molar-refractivity contribution in [1.29, 1.82) is 0 Å². The first-order valence-corrected chi connectivity index (χ1v) is 6.38.